The first-order chi connectivity index (χ1) is 14.1. The van der Waals surface area contributed by atoms with E-state index >= 15 is 0 Å². The lowest BCUT2D eigenvalue weighted by atomic mass is 10.1. The number of hydrogen-bond acceptors (Lipinski definition) is 4. The number of carbonyl (C=O) groups is 1. The van der Waals surface area contributed by atoms with Crippen LogP contribution < -0.4 is 10.4 Å². The van der Waals surface area contributed by atoms with Gasteiger partial charge in [-0.1, -0.05) is 71.6 Å². The SMILES string of the molecule is CCCCCCCCCCCCNC(CC)N1C#C/C(C)=[N+](/CC(=O)[O-])CCC1. The molecule has 0 fully saturated rings. The maximum Gasteiger partial charge on any atom is 0.226 e. The van der Waals surface area contributed by atoms with Crippen molar-refractivity contribution in [2.75, 3.05) is 26.2 Å². The van der Waals surface area contributed by atoms with Crippen molar-refractivity contribution in [2.24, 2.45) is 0 Å². The Labute approximate surface area is 178 Å². The number of rotatable bonds is 16. The largest absolute Gasteiger partial charge is 0.544 e. The van der Waals surface area contributed by atoms with Crippen molar-refractivity contribution in [1.29, 1.82) is 0 Å². The maximum atomic E-state index is 10.9. The number of hydrogen-bond donors (Lipinski definition) is 1. The summed E-state index contributed by atoms with van der Waals surface area (Å²) in [6.45, 7) is 8.87. The molecule has 1 unspecified atom stereocenters. The smallest absolute Gasteiger partial charge is 0.226 e. The average molecular weight is 406 g/mol. The molecule has 0 saturated carbocycles. The van der Waals surface area contributed by atoms with Gasteiger partial charge in [-0.2, -0.15) is 0 Å². The van der Waals surface area contributed by atoms with E-state index in [0.717, 1.165) is 31.6 Å². The molecule has 1 N–H and O–H groups in total. The zero-order chi connectivity index (χ0) is 21.3. The number of nitrogens with one attached hydrogen (secondary N) is 1. The van der Waals surface area contributed by atoms with Crippen LogP contribution in [0.4, 0.5) is 0 Å². The van der Waals surface area contributed by atoms with Gasteiger partial charge in [0.2, 0.25) is 5.71 Å². The van der Waals surface area contributed by atoms with E-state index in [1.807, 2.05) is 6.92 Å². The highest BCUT2D eigenvalue weighted by Gasteiger charge is 2.17. The van der Waals surface area contributed by atoms with Gasteiger partial charge in [0.1, 0.15) is 12.5 Å². The number of nitrogens with zero attached hydrogens (tertiary/aromatic N) is 2. The number of carboxylic acids is 1. The Morgan fingerprint density at radius 2 is 1.72 bits per heavy atom. The monoisotopic (exact) mass is 405 g/mol. The van der Waals surface area contributed by atoms with E-state index in [-0.39, 0.29) is 12.7 Å². The molecule has 0 aliphatic carbocycles. The fraction of sp³-hybridized carbons (Fsp3) is 0.833. The Morgan fingerprint density at radius 3 is 2.31 bits per heavy atom. The van der Waals surface area contributed by atoms with Crippen molar-refractivity contribution in [1.82, 2.24) is 10.2 Å². The molecule has 0 spiro atoms. The molecule has 1 aliphatic rings. The molecule has 166 valence electrons. The molecular weight excluding hydrogens is 362 g/mol. The minimum Gasteiger partial charge on any atom is -0.544 e. The van der Waals surface area contributed by atoms with Crippen molar-refractivity contribution >= 4 is 11.7 Å². The van der Waals surface area contributed by atoms with Gasteiger partial charge in [0, 0.05) is 31.9 Å². The van der Waals surface area contributed by atoms with Crippen LogP contribution in [-0.2, 0) is 4.79 Å². The van der Waals surface area contributed by atoms with Crippen LogP contribution >= 0.6 is 0 Å². The minimum atomic E-state index is -1.05. The standard InChI is InChI=1S/C24H43N3O2/c1-4-6-7-8-9-10-11-12-13-14-17-25-23(5-2)26-18-15-19-27(21-24(28)29)22(3)16-20-26/h23,25H,4-15,17-19,21H2,1-3H3. The molecule has 0 aromatic rings. The zero-order valence-corrected chi connectivity index (χ0v) is 19.1. The summed E-state index contributed by atoms with van der Waals surface area (Å²) in [4.78, 5) is 13.1. The Hall–Kier alpha value is -1.54. The third-order valence-electron chi connectivity index (χ3n) is 5.67. The average Bonchev–Trinajstić information content (AvgIpc) is 2.69. The lowest BCUT2D eigenvalue weighted by molar-refractivity contribution is -0.528. The zero-order valence-electron chi connectivity index (χ0n) is 19.1. The molecule has 0 aromatic heterocycles. The molecule has 0 bridgehead atoms. The predicted octanol–water partition coefficient (Wildman–Crippen LogP) is 3.12. The molecule has 1 atom stereocenters. The van der Waals surface area contributed by atoms with E-state index < -0.39 is 5.97 Å². The van der Waals surface area contributed by atoms with Gasteiger partial charge in [-0.05, 0) is 19.4 Å². The lowest BCUT2D eigenvalue weighted by Gasteiger charge is -2.29. The molecule has 1 aliphatic heterocycles. The van der Waals surface area contributed by atoms with Crippen molar-refractivity contribution in [3.8, 4) is 12.0 Å². The normalized spacial score (nSPS) is 18.0. The Bertz CT molecular complexity index is 548. The molecule has 0 saturated heterocycles. The molecule has 1 heterocycles. The number of aliphatic carboxylic acids is 1. The lowest BCUT2D eigenvalue weighted by Crippen LogP contribution is -2.45. The summed E-state index contributed by atoms with van der Waals surface area (Å²) >= 11 is 0. The van der Waals surface area contributed by atoms with E-state index in [2.05, 4.69) is 36.0 Å². The Kier molecular flexibility index (Phi) is 14.3. The first-order valence-electron chi connectivity index (χ1n) is 11.9. The maximum absolute atomic E-state index is 10.9. The van der Waals surface area contributed by atoms with Crippen LogP contribution in [0.1, 0.15) is 97.8 Å². The Balaban J connectivity index is 2.26. The van der Waals surface area contributed by atoms with Crippen LogP contribution in [0, 0.1) is 12.0 Å². The van der Waals surface area contributed by atoms with E-state index in [0.29, 0.717) is 6.54 Å². The van der Waals surface area contributed by atoms with Crippen LogP contribution in [0.15, 0.2) is 0 Å². The second-order valence-corrected chi connectivity index (χ2v) is 8.22. The summed E-state index contributed by atoms with van der Waals surface area (Å²) in [6.07, 6.45) is 15.7. The van der Waals surface area contributed by atoms with Crippen molar-refractivity contribution in [3.05, 3.63) is 0 Å². The summed E-state index contributed by atoms with van der Waals surface area (Å²) in [7, 11) is 0. The third-order valence-corrected chi connectivity index (χ3v) is 5.67. The van der Waals surface area contributed by atoms with Crippen molar-refractivity contribution in [2.45, 2.75) is 104 Å². The van der Waals surface area contributed by atoms with Gasteiger partial charge >= 0.3 is 0 Å². The topological polar surface area (TPSA) is 58.4 Å². The second-order valence-electron chi connectivity index (χ2n) is 8.22. The molecule has 1 rings (SSSR count). The molecule has 0 aromatic carbocycles. The predicted molar refractivity (Wildman–Crippen MR) is 119 cm³/mol. The van der Waals surface area contributed by atoms with Crippen LogP contribution in [0.25, 0.3) is 0 Å². The second kappa shape index (κ2) is 16.3. The van der Waals surface area contributed by atoms with Crippen LogP contribution in [0.2, 0.25) is 0 Å². The summed E-state index contributed by atoms with van der Waals surface area (Å²) in [5, 5.41) is 14.5. The number of carbonyl (C=O) groups excluding carboxylic acids is 1. The van der Waals surface area contributed by atoms with E-state index in [9.17, 15) is 9.90 Å². The van der Waals surface area contributed by atoms with Crippen LogP contribution in [-0.4, -0.2) is 53.5 Å². The molecule has 29 heavy (non-hydrogen) atoms. The van der Waals surface area contributed by atoms with E-state index in [1.54, 1.807) is 4.58 Å². The quantitative estimate of drug-likeness (QED) is 0.243. The highest BCUT2D eigenvalue weighted by molar-refractivity contribution is 5.94. The summed E-state index contributed by atoms with van der Waals surface area (Å²) in [5.41, 5.74) is 0.809. The summed E-state index contributed by atoms with van der Waals surface area (Å²) in [5.74, 6) is 2.09. The van der Waals surface area contributed by atoms with Gasteiger partial charge < -0.3 is 14.8 Å². The highest BCUT2D eigenvalue weighted by atomic mass is 16.4. The van der Waals surface area contributed by atoms with Gasteiger partial charge in [0.25, 0.3) is 0 Å². The minimum absolute atomic E-state index is 0.0747. The fourth-order valence-corrected chi connectivity index (χ4v) is 3.83. The molecule has 0 amide bonds. The molecular formula is C24H43N3O2. The Morgan fingerprint density at radius 1 is 1.10 bits per heavy atom. The fourth-order valence-electron chi connectivity index (χ4n) is 3.83. The first-order valence-corrected chi connectivity index (χ1v) is 11.9. The summed E-state index contributed by atoms with van der Waals surface area (Å²) < 4.78 is 1.80. The van der Waals surface area contributed by atoms with Gasteiger partial charge in [-0.3, -0.25) is 5.32 Å². The summed E-state index contributed by atoms with van der Waals surface area (Å²) in [6, 6.07) is 3.24. The van der Waals surface area contributed by atoms with Crippen LogP contribution in [0.5, 0.6) is 0 Å². The van der Waals surface area contributed by atoms with Crippen molar-refractivity contribution < 1.29 is 14.5 Å². The van der Waals surface area contributed by atoms with Crippen LogP contribution in [0.3, 0.4) is 0 Å². The molecule has 0 radical (unpaired) electrons. The highest BCUT2D eigenvalue weighted by Crippen LogP contribution is 2.10. The number of carboxylic acid groups (broad SMARTS) is 1. The molecule has 5 nitrogen and oxygen atoms in total. The van der Waals surface area contributed by atoms with E-state index in [4.69, 9.17) is 0 Å². The van der Waals surface area contributed by atoms with Gasteiger partial charge in [-0.15, -0.1) is 0 Å². The molecule has 5 heteroatoms. The van der Waals surface area contributed by atoms with Crippen molar-refractivity contribution in [3.63, 3.8) is 0 Å². The van der Waals surface area contributed by atoms with Gasteiger partial charge in [0.15, 0.2) is 6.54 Å². The third kappa shape index (κ3) is 11.9. The number of unbranched alkanes of at least 4 members (excludes halogenated alkanes) is 9. The van der Waals surface area contributed by atoms with E-state index in [1.165, 1.54) is 64.2 Å². The van der Waals surface area contributed by atoms with Gasteiger partial charge in [0.05, 0.1) is 6.17 Å². The van der Waals surface area contributed by atoms with Gasteiger partial charge in [-0.25, -0.2) is 4.58 Å². The first kappa shape index (κ1) is 25.5.